The largest absolute Gasteiger partial charge is 0.385 e. The topological polar surface area (TPSA) is 62.1 Å². The average Bonchev–Trinajstić information content (AvgIpc) is 2.14. The summed E-state index contributed by atoms with van der Waals surface area (Å²) in [6.07, 6.45) is 1.34. The molecule has 0 fully saturated rings. The van der Waals surface area contributed by atoms with Crippen LogP contribution in [-0.4, -0.2) is 26.2 Å². The predicted octanol–water partition coefficient (Wildman–Crippen LogP) is 0.689. The maximum absolute atomic E-state index is 11.2. The normalized spacial score (nSPS) is 11.8. The van der Waals surface area contributed by atoms with Gasteiger partial charge in [0.2, 0.25) is 5.91 Å². The van der Waals surface area contributed by atoms with E-state index in [2.05, 4.69) is 5.32 Å². The first-order chi connectivity index (χ1) is 6.26. The first-order valence-corrected chi connectivity index (χ1v) is 4.42. The van der Waals surface area contributed by atoms with Crippen LogP contribution >= 0.6 is 0 Å². The van der Waals surface area contributed by atoms with E-state index in [1.807, 2.05) is 13.0 Å². The van der Waals surface area contributed by atoms with Crippen LogP contribution in [0.25, 0.3) is 0 Å². The summed E-state index contributed by atoms with van der Waals surface area (Å²) in [4.78, 5) is 11.2. The zero-order valence-corrected chi connectivity index (χ0v) is 8.17. The van der Waals surface area contributed by atoms with Crippen molar-refractivity contribution < 1.29 is 9.53 Å². The average molecular weight is 184 g/mol. The minimum atomic E-state index is -0.512. The molecule has 0 aromatic rings. The Kier molecular flexibility index (Phi) is 6.93. The molecule has 1 atom stereocenters. The molecule has 0 aromatic heterocycles. The molecule has 0 spiro atoms. The SMILES string of the molecule is CCC(C#N)C(=O)NCCCOC. The van der Waals surface area contributed by atoms with Crippen LogP contribution in [0.1, 0.15) is 19.8 Å². The predicted molar refractivity (Wildman–Crippen MR) is 48.9 cm³/mol. The monoisotopic (exact) mass is 184 g/mol. The summed E-state index contributed by atoms with van der Waals surface area (Å²) >= 11 is 0. The minimum Gasteiger partial charge on any atom is -0.385 e. The third-order valence-corrected chi connectivity index (χ3v) is 1.71. The van der Waals surface area contributed by atoms with E-state index in [9.17, 15) is 4.79 Å². The fourth-order valence-electron chi connectivity index (χ4n) is 0.887. The number of amides is 1. The van der Waals surface area contributed by atoms with E-state index in [4.69, 9.17) is 10.00 Å². The van der Waals surface area contributed by atoms with Crippen molar-refractivity contribution in [3.8, 4) is 6.07 Å². The second-order valence-electron chi connectivity index (χ2n) is 2.73. The number of hydrogen-bond acceptors (Lipinski definition) is 3. The minimum absolute atomic E-state index is 0.180. The molecule has 1 unspecified atom stereocenters. The van der Waals surface area contributed by atoms with E-state index in [1.54, 1.807) is 7.11 Å². The maximum Gasteiger partial charge on any atom is 0.237 e. The summed E-state index contributed by atoms with van der Waals surface area (Å²) in [6.45, 7) is 3.02. The number of nitrogens with zero attached hydrogens (tertiary/aromatic N) is 1. The number of nitriles is 1. The number of ether oxygens (including phenoxy) is 1. The zero-order chi connectivity index (χ0) is 10.1. The summed E-state index contributed by atoms with van der Waals surface area (Å²) in [5.74, 6) is -0.691. The Bertz CT molecular complexity index is 187. The second kappa shape index (κ2) is 7.56. The molecule has 0 saturated heterocycles. The molecule has 4 heteroatoms. The first-order valence-electron chi connectivity index (χ1n) is 4.42. The van der Waals surface area contributed by atoms with E-state index in [0.717, 1.165) is 6.42 Å². The number of nitrogens with one attached hydrogen (secondary N) is 1. The fraction of sp³-hybridized carbons (Fsp3) is 0.778. The highest BCUT2D eigenvalue weighted by molar-refractivity contribution is 5.80. The Balaban J connectivity index is 3.56. The fourth-order valence-corrected chi connectivity index (χ4v) is 0.887. The van der Waals surface area contributed by atoms with Crippen LogP contribution in [-0.2, 0) is 9.53 Å². The number of methoxy groups -OCH3 is 1. The van der Waals surface area contributed by atoms with Gasteiger partial charge in [0.15, 0.2) is 0 Å². The number of rotatable bonds is 6. The number of carbonyl (C=O) groups excluding carboxylic acids is 1. The van der Waals surface area contributed by atoms with Gasteiger partial charge >= 0.3 is 0 Å². The van der Waals surface area contributed by atoms with Crippen molar-refractivity contribution in [1.29, 1.82) is 5.26 Å². The smallest absolute Gasteiger partial charge is 0.237 e. The van der Waals surface area contributed by atoms with Gasteiger partial charge in [-0.05, 0) is 12.8 Å². The van der Waals surface area contributed by atoms with Gasteiger partial charge in [0.1, 0.15) is 5.92 Å². The zero-order valence-electron chi connectivity index (χ0n) is 8.17. The molecule has 74 valence electrons. The second-order valence-corrected chi connectivity index (χ2v) is 2.73. The third kappa shape index (κ3) is 5.21. The standard InChI is InChI=1S/C9H16N2O2/c1-3-8(7-10)9(12)11-5-4-6-13-2/h8H,3-6H2,1-2H3,(H,11,12). The molecule has 0 bridgehead atoms. The molecular weight excluding hydrogens is 168 g/mol. The summed E-state index contributed by atoms with van der Waals surface area (Å²) in [5, 5.41) is 11.2. The van der Waals surface area contributed by atoms with Crippen LogP contribution in [0.5, 0.6) is 0 Å². The molecule has 0 aliphatic rings. The molecule has 0 aliphatic carbocycles. The lowest BCUT2D eigenvalue weighted by atomic mass is 10.1. The van der Waals surface area contributed by atoms with Crippen LogP contribution in [0.2, 0.25) is 0 Å². The van der Waals surface area contributed by atoms with Crippen LogP contribution in [0.4, 0.5) is 0 Å². The van der Waals surface area contributed by atoms with Crippen LogP contribution < -0.4 is 5.32 Å². The lowest BCUT2D eigenvalue weighted by molar-refractivity contribution is -0.123. The van der Waals surface area contributed by atoms with E-state index in [1.165, 1.54) is 0 Å². The molecule has 4 nitrogen and oxygen atoms in total. The molecule has 0 saturated carbocycles. The highest BCUT2D eigenvalue weighted by Crippen LogP contribution is 1.99. The van der Waals surface area contributed by atoms with Gasteiger partial charge in [0, 0.05) is 20.3 Å². The lowest BCUT2D eigenvalue weighted by Crippen LogP contribution is -2.30. The van der Waals surface area contributed by atoms with Gasteiger partial charge in [-0.25, -0.2) is 0 Å². The van der Waals surface area contributed by atoms with E-state index < -0.39 is 5.92 Å². The molecule has 0 rings (SSSR count). The van der Waals surface area contributed by atoms with Crippen molar-refractivity contribution >= 4 is 5.91 Å². The molecule has 1 amide bonds. The molecular formula is C9H16N2O2. The summed E-state index contributed by atoms with van der Waals surface area (Å²) in [7, 11) is 1.62. The van der Waals surface area contributed by atoms with Crippen molar-refractivity contribution in [2.24, 2.45) is 5.92 Å². The van der Waals surface area contributed by atoms with Crippen LogP contribution in [0.3, 0.4) is 0 Å². The summed E-state index contributed by atoms with van der Waals surface area (Å²) < 4.78 is 4.82. The van der Waals surface area contributed by atoms with Crippen LogP contribution in [0.15, 0.2) is 0 Å². The van der Waals surface area contributed by atoms with Gasteiger partial charge in [-0.3, -0.25) is 4.79 Å². The van der Waals surface area contributed by atoms with Crippen molar-refractivity contribution in [1.82, 2.24) is 5.32 Å². The Morgan fingerprint density at radius 3 is 2.85 bits per heavy atom. The molecule has 0 radical (unpaired) electrons. The van der Waals surface area contributed by atoms with Crippen molar-refractivity contribution in [2.45, 2.75) is 19.8 Å². The van der Waals surface area contributed by atoms with E-state index in [0.29, 0.717) is 19.6 Å². The van der Waals surface area contributed by atoms with E-state index in [-0.39, 0.29) is 5.91 Å². The van der Waals surface area contributed by atoms with Crippen LogP contribution in [0, 0.1) is 17.2 Å². The summed E-state index contributed by atoms with van der Waals surface area (Å²) in [5.41, 5.74) is 0. The quantitative estimate of drug-likeness (QED) is 0.618. The third-order valence-electron chi connectivity index (χ3n) is 1.71. The Morgan fingerprint density at radius 2 is 2.38 bits per heavy atom. The van der Waals surface area contributed by atoms with Gasteiger partial charge in [-0.1, -0.05) is 6.92 Å². The van der Waals surface area contributed by atoms with Gasteiger partial charge in [-0.2, -0.15) is 5.26 Å². The molecule has 0 aromatic carbocycles. The molecule has 1 N–H and O–H groups in total. The number of carbonyl (C=O) groups is 1. The first kappa shape index (κ1) is 11.9. The van der Waals surface area contributed by atoms with Gasteiger partial charge in [0.25, 0.3) is 0 Å². The van der Waals surface area contributed by atoms with Crippen molar-refractivity contribution in [2.75, 3.05) is 20.3 Å². The Morgan fingerprint density at radius 1 is 1.69 bits per heavy atom. The van der Waals surface area contributed by atoms with Gasteiger partial charge in [0.05, 0.1) is 6.07 Å². The lowest BCUT2D eigenvalue weighted by Gasteiger charge is -2.07. The Labute approximate surface area is 78.9 Å². The van der Waals surface area contributed by atoms with Gasteiger partial charge < -0.3 is 10.1 Å². The Hall–Kier alpha value is -1.08. The molecule has 0 aliphatic heterocycles. The highest BCUT2D eigenvalue weighted by Gasteiger charge is 2.13. The van der Waals surface area contributed by atoms with E-state index >= 15 is 0 Å². The maximum atomic E-state index is 11.2. The number of hydrogen-bond donors (Lipinski definition) is 1. The van der Waals surface area contributed by atoms with Gasteiger partial charge in [-0.15, -0.1) is 0 Å². The van der Waals surface area contributed by atoms with Crippen molar-refractivity contribution in [3.05, 3.63) is 0 Å². The van der Waals surface area contributed by atoms with Crippen molar-refractivity contribution in [3.63, 3.8) is 0 Å². The highest BCUT2D eigenvalue weighted by atomic mass is 16.5. The summed E-state index contributed by atoms with van der Waals surface area (Å²) in [6, 6.07) is 1.95. The molecule has 13 heavy (non-hydrogen) atoms. The molecule has 0 heterocycles.